The summed E-state index contributed by atoms with van der Waals surface area (Å²) in [5.41, 5.74) is 7.82. The highest BCUT2D eigenvalue weighted by Gasteiger charge is 2.06. The SMILES string of the molecule is Cn1nccc1CNc1cc(Br)c(F)cc1N. The van der Waals surface area contributed by atoms with Crippen molar-refractivity contribution < 1.29 is 4.39 Å². The first kappa shape index (κ1) is 11.9. The number of rotatable bonds is 3. The molecule has 3 N–H and O–H groups in total. The molecule has 6 heteroatoms. The van der Waals surface area contributed by atoms with Gasteiger partial charge in [-0.3, -0.25) is 4.68 Å². The average molecular weight is 299 g/mol. The Kier molecular flexibility index (Phi) is 3.33. The van der Waals surface area contributed by atoms with Crippen LogP contribution in [0.2, 0.25) is 0 Å². The number of halogens is 2. The van der Waals surface area contributed by atoms with Crippen molar-refractivity contribution in [3.8, 4) is 0 Å². The number of nitrogens with one attached hydrogen (secondary N) is 1. The first-order chi connectivity index (χ1) is 8.08. The van der Waals surface area contributed by atoms with E-state index in [0.717, 1.165) is 5.69 Å². The van der Waals surface area contributed by atoms with Gasteiger partial charge in [-0.1, -0.05) is 0 Å². The topological polar surface area (TPSA) is 55.9 Å². The van der Waals surface area contributed by atoms with Gasteiger partial charge in [-0.05, 0) is 28.1 Å². The first-order valence-electron chi connectivity index (χ1n) is 5.03. The molecule has 0 unspecified atom stereocenters. The van der Waals surface area contributed by atoms with E-state index < -0.39 is 0 Å². The second-order valence-electron chi connectivity index (χ2n) is 3.65. The molecular formula is C11H12BrFN4. The van der Waals surface area contributed by atoms with Gasteiger partial charge in [-0.15, -0.1) is 0 Å². The zero-order valence-corrected chi connectivity index (χ0v) is 10.8. The third kappa shape index (κ3) is 2.58. The number of hydrogen-bond acceptors (Lipinski definition) is 3. The van der Waals surface area contributed by atoms with Crippen molar-refractivity contribution in [2.45, 2.75) is 6.54 Å². The molecule has 2 aromatic rings. The summed E-state index contributed by atoms with van der Waals surface area (Å²) in [6.45, 7) is 0.582. The fraction of sp³-hybridized carbons (Fsp3) is 0.182. The second kappa shape index (κ2) is 4.75. The Morgan fingerprint density at radius 2 is 2.29 bits per heavy atom. The summed E-state index contributed by atoms with van der Waals surface area (Å²) in [5, 5.41) is 7.20. The van der Waals surface area contributed by atoms with Gasteiger partial charge < -0.3 is 11.1 Å². The van der Waals surface area contributed by atoms with Crippen LogP contribution >= 0.6 is 15.9 Å². The fourth-order valence-corrected chi connectivity index (χ4v) is 1.82. The van der Waals surface area contributed by atoms with Crippen molar-refractivity contribution in [1.82, 2.24) is 9.78 Å². The Morgan fingerprint density at radius 1 is 1.53 bits per heavy atom. The lowest BCUT2D eigenvalue weighted by molar-refractivity contribution is 0.622. The van der Waals surface area contributed by atoms with Crippen molar-refractivity contribution in [3.05, 3.63) is 40.4 Å². The van der Waals surface area contributed by atoms with Gasteiger partial charge in [0, 0.05) is 19.3 Å². The molecule has 0 atom stereocenters. The molecule has 4 nitrogen and oxygen atoms in total. The van der Waals surface area contributed by atoms with Crippen LogP contribution < -0.4 is 11.1 Å². The van der Waals surface area contributed by atoms with Crippen molar-refractivity contribution in [2.75, 3.05) is 11.1 Å². The van der Waals surface area contributed by atoms with E-state index in [1.54, 1.807) is 16.9 Å². The highest BCUT2D eigenvalue weighted by molar-refractivity contribution is 9.10. The van der Waals surface area contributed by atoms with Crippen LogP contribution in [-0.2, 0) is 13.6 Å². The van der Waals surface area contributed by atoms with E-state index >= 15 is 0 Å². The molecule has 0 aliphatic heterocycles. The zero-order valence-electron chi connectivity index (χ0n) is 9.24. The van der Waals surface area contributed by atoms with E-state index in [4.69, 9.17) is 5.73 Å². The summed E-state index contributed by atoms with van der Waals surface area (Å²) in [5.74, 6) is -0.367. The summed E-state index contributed by atoms with van der Waals surface area (Å²) in [7, 11) is 1.86. The molecule has 1 aromatic heterocycles. The maximum absolute atomic E-state index is 13.2. The van der Waals surface area contributed by atoms with Crippen LogP contribution in [0.3, 0.4) is 0 Å². The minimum Gasteiger partial charge on any atom is -0.397 e. The third-order valence-corrected chi connectivity index (χ3v) is 3.08. The Labute approximate surface area is 107 Å². The van der Waals surface area contributed by atoms with Gasteiger partial charge in [0.15, 0.2) is 0 Å². The summed E-state index contributed by atoms with van der Waals surface area (Å²) in [6, 6.07) is 4.82. The molecule has 0 radical (unpaired) electrons. The van der Waals surface area contributed by atoms with Crippen LogP contribution in [0.25, 0.3) is 0 Å². The van der Waals surface area contributed by atoms with Crippen LogP contribution in [0, 0.1) is 5.82 Å². The number of anilines is 2. The minimum absolute atomic E-state index is 0.367. The molecule has 0 fully saturated rings. The zero-order chi connectivity index (χ0) is 12.4. The largest absolute Gasteiger partial charge is 0.397 e. The van der Waals surface area contributed by atoms with Gasteiger partial charge in [-0.2, -0.15) is 5.10 Å². The van der Waals surface area contributed by atoms with Crippen LogP contribution in [-0.4, -0.2) is 9.78 Å². The van der Waals surface area contributed by atoms with Gasteiger partial charge in [0.25, 0.3) is 0 Å². The molecule has 0 aliphatic rings. The summed E-state index contributed by atoms with van der Waals surface area (Å²) in [4.78, 5) is 0. The normalized spacial score (nSPS) is 10.5. The van der Waals surface area contributed by atoms with Crippen molar-refractivity contribution in [1.29, 1.82) is 0 Å². The second-order valence-corrected chi connectivity index (χ2v) is 4.51. The Morgan fingerprint density at radius 3 is 2.94 bits per heavy atom. The molecule has 0 bridgehead atoms. The van der Waals surface area contributed by atoms with Gasteiger partial charge in [-0.25, -0.2) is 4.39 Å². The maximum atomic E-state index is 13.2. The van der Waals surface area contributed by atoms with Crippen molar-refractivity contribution in [3.63, 3.8) is 0 Å². The van der Waals surface area contributed by atoms with E-state index in [0.29, 0.717) is 22.4 Å². The Bertz CT molecular complexity index is 538. The standard InChI is InChI=1S/C11H12BrFN4/c1-17-7(2-3-16-17)6-15-11-4-8(12)9(13)5-10(11)14/h2-5,15H,6,14H2,1H3. The molecule has 2 rings (SSSR count). The molecule has 0 aliphatic carbocycles. The van der Waals surface area contributed by atoms with Crippen molar-refractivity contribution >= 4 is 27.3 Å². The van der Waals surface area contributed by atoms with E-state index in [2.05, 4.69) is 26.3 Å². The van der Waals surface area contributed by atoms with Gasteiger partial charge >= 0.3 is 0 Å². The summed E-state index contributed by atoms with van der Waals surface area (Å²) in [6.07, 6.45) is 1.72. The molecule has 0 amide bonds. The number of aromatic nitrogens is 2. The Hall–Kier alpha value is -1.56. The number of nitrogens with zero attached hydrogens (tertiary/aromatic N) is 2. The molecule has 0 saturated carbocycles. The summed E-state index contributed by atoms with van der Waals surface area (Å²) >= 11 is 3.13. The van der Waals surface area contributed by atoms with Gasteiger partial charge in [0.1, 0.15) is 5.82 Å². The smallest absolute Gasteiger partial charge is 0.139 e. The number of hydrogen-bond donors (Lipinski definition) is 2. The molecule has 0 saturated heterocycles. The van der Waals surface area contributed by atoms with E-state index in [1.807, 2.05) is 13.1 Å². The van der Waals surface area contributed by atoms with E-state index in [-0.39, 0.29) is 5.82 Å². The highest BCUT2D eigenvalue weighted by Crippen LogP contribution is 2.26. The van der Waals surface area contributed by atoms with Gasteiger partial charge in [0.2, 0.25) is 0 Å². The molecule has 17 heavy (non-hydrogen) atoms. The lowest BCUT2D eigenvalue weighted by Gasteiger charge is -2.10. The van der Waals surface area contributed by atoms with Crippen LogP contribution in [0.4, 0.5) is 15.8 Å². The van der Waals surface area contributed by atoms with Crippen molar-refractivity contribution in [2.24, 2.45) is 7.05 Å². The lowest BCUT2D eigenvalue weighted by atomic mass is 10.2. The lowest BCUT2D eigenvalue weighted by Crippen LogP contribution is -2.07. The fourth-order valence-electron chi connectivity index (χ4n) is 1.48. The predicted molar refractivity (Wildman–Crippen MR) is 69.0 cm³/mol. The third-order valence-electron chi connectivity index (χ3n) is 2.47. The predicted octanol–water partition coefficient (Wildman–Crippen LogP) is 2.52. The highest BCUT2D eigenvalue weighted by atomic mass is 79.9. The number of nitrogens with two attached hydrogens (primary N) is 1. The van der Waals surface area contributed by atoms with Crippen LogP contribution in [0.5, 0.6) is 0 Å². The molecular weight excluding hydrogens is 287 g/mol. The van der Waals surface area contributed by atoms with Gasteiger partial charge in [0.05, 0.1) is 28.1 Å². The Balaban J connectivity index is 2.14. The first-order valence-corrected chi connectivity index (χ1v) is 5.82. The number of nitrogen functional groups attached to an aromatic ring is 1. The van der Waals surface area contributed by atoms with E-state index in [1.165, 1.54) is 6.07 Å². The summed E-state index contributed by atoms with van der Waals surface area (Å²) < 4.78 is 15.3. The molecule has 90 valence electrons. The average Bonchev–Trinajstić information content (AvgIpc) is 2.68. The monoisotopic (exact) mass is 298 g/mol. The number of aryl methyl sites for hydroxylation is 1. The number of benzene rings is 1. The molecule has 1 aromatic carbocycles. The van der Waals surface area contributed by atoms with Crippen LogP contribution in [0.1, 0.15) is 5.69 Å². The maximum Gasteiger partial charge on any atom is 0.139 e. The quantitative estimate of drug-likeness (QED) is 0.856. The minimum atomic E-state index is -0.367. The van der Waals surface area contributed by atoms with E-state index in [9.17, 15) is 4.39 Å². The van der Waals surface area contributed by atoms with Crippen LogP contribution in [0.15, 0.2) is 28.9 Å². The molecule has 0 spiro atoms. The molecule has 1 heterocycles.